The molecule has 0 aliphatic heterocycles. The van der Waals surface area contributed by atoms with E-state index >= 15 is 0 Å². The molecule has 0 unspecified atom stereocenters. The molecule has 0 saturated heterocycles. The summed E-state index contributed by atoms with van der Waals surface area (Å²) in [5, 5.41) is 3.64. The molecule has 2 aliphatic rings. The van der Waals surface area contributed by atoms with Crippen LogP contribution in [0.5, 0.6) is 0 Å². The zero-order valence-corrected chi connectivity index (χ0v) is 25.5. The topological polar surface area (TPSA) is 52.6 Å². The molecule has 0 atom stereocenters. The van der Waals surface area contributed by atoms with Crippen molar-refractivity contribution in [1.29, 1.82) is 0 Å². The van der Waals surface area contributed by atoms with E-state index in [9.17, 15) is 9.59 Å². The molecular formula is C34H28O4SiTi. The number of rotatable bonds is 4. The summed E-state index contributed by atoms with van der Waals surface area (Å²) in [5.41, 5.74) is 8.31. The van der Waals surface area contributed by atoms with E-state index < -0.39 is 24.2 Å². The number of fused-ring (bicyclic) bond motifs is 6. The van der Waals surface area contributed by atoms with Crippen LogP contribution in [0.1, 0.15) is 22.3 Å². The quantitative estimate of drug-likeness (QED) is 0.231. The first kappa shape index (κ1) is 26.1. The van der Waals surface area contributed by atoms with Crippen molar-refractivity contribution in [1.82, 2.24) is 0 Å². The summed E-state index contributed by atoms with van der Waals surface area (Å²) in [5.74, 6) is 2.45. The second kappa shape index (κ2) is 7.53. The number of carbonyl (C=O) groups excluding carboxylic acids is 2. The Morgan fingerprint density at radius 1 is 0.650 bits per heavy atom. The molecule has 0 spiro atoms. The fourth-order valence-electron chi connectivity index (χ4n) is 7.41. The zero-order valence-electron chi connectivity index (χ0n) is 22.5. The average Bonchev–Trinajstić information content (AvgIpc) is 3.51. The second-order valence-corrected chi connectivity index (χ2v) is 39.5. The predicted molar refractivity (Wildman–Crippen MR) is 159 cm³/mol. The van der Waals surface area contributed by atoms with Crippen molar-refractivity contribution in [3.63, 3.8) is 0 Å². The SMILES string of the molecule is C#CC(=O)[O][Ti]([CH3])([CH3])(=[SiH2])([O]C(=O)C#C)([c]1cccc2c1Cc1ccccc1-2)[c]1cccc2c1Cc1ccccc1-2. The van der Waals surface area contributed by atoms with Crippen LogP contribution in [0.2, 0.25) is 10.5 Å². The van der Waals surface area contributed by atoms with E-state index in [1.165, 1.54) is 7.63 Å². The van der Waals surface area contributed by atoms with Crippen LogP contribution >= 0.6 is 0 Å². The molecule has 2 aliphatic carbocycles. The first-order valence-corrected chi connectivity index (χ1v) is 23.2. The van der Waals surface area contributed by atoms with E-state index in [2.05, 4.69) is 36.1 Å². The fourth-order valence-corrected chi connectivity index (χ4v) is 21.9. The molecule has 4 aromatic rings. The molecule has 0 radical (unpaired) electrons. The van der Waals surface area contributed by atoms with Crippen molar-refractivity contribution in [3.8, 4) is 46.9 Å². The summed E-state index contributed by atoms with van der Waals surface area (Å²) in [4.78, 5) is 26.9. The number of carbonyl (C=O) groups is 2. The van der Waals surface area contributed by atoms with Gasteiger partial charge in [0.2, 0.25) is 0 Å². The molecule has 6 rings (SSSR count). The van der Waals surface area contributed by atoms with Crippen LogP contribution < -0.4 is 7.74 Å². The van der Waals surface area contributed by atoms with Crippen LogP contribution in [0.25, 0.3) is 22.3 Å². The van der Waals surface area contributed by atoms with Gasteiger partial charge in [0.25, 0.3) is 0 Å². The van der Waals surface area contributed by atoms with Gasteiger partial charge in [-0.2, -0.15) is 0 Å². The summed E-state index contributed by atoms with van der Waals surface area (Å²) in [6, 6.07) is 28.1. The van der Waals surface area contributed by atoms with Crippen molar-refractivity contribution < 1.29 is 28.5 Å². The number of hydrogen-bond acceptors (Lipinski definition) is 4. The van der Waals surface area contributed by atoms with Gasteiger partial charge in [0.15, 0.2) is 0 Å². The van der Waals surface area contributed by atoms with Gasteiger partial charge in [-0.25, -0.2) is 0 Å². The Labute approximate surface area is 232 Å². The molecule has 0 heterocycles. The Hall–Kier alpha value is -4.13. The van der Waals surface area contributed by atoms with Crippen LogP contribution in [-0.4, -0.2) is 19.6 Å². The maximum atomic E-state index is 13.4. The molecule has 4 aromatic carbocycles. The van der Waals surface area contributed by atoms with Crippen LogP contribution in [0.15, 0.2) is 84.9 Å². The first-order valence-electron chi connectivity index (χ1n) is 13.2. The van der Waals surface area contributed by atoms with Crippen molar-refractivity contribution in [2.45, 2.75) is 23.3 Å². The molecule has 0 amide bonds. The molecule has 0 bridgehead atoms. The minimum atomic E-state index is -6.90. The summed E-state index contributed by atoms with van der Waals surface area (Å²) in [6.07, 6.45) is 12.5. The zero-order chi connectivity index (χ0) is 28.4. The van der Waals surface area contributed by atoms with E-state index in [-0.39, 0.29) is 0 Å². The van der Waals surface area contributed by atoms with Gasteiger partial charge in [0.05, 0.1) is 0 Å². The van der Waals surface area contributed by atoms with E-state index in [1.807, 2.05) is 71.1 Å². The number of terminal acetylenes is 2. The van der Waals surface area contributed by atoms with Gasteiger partial charge >= 0.3 is 233 Å². The fraction of sp³-hybridized carbons (Fsp3) is 0.118. The van der Waals surface area contributed by atoms with Crippen molar-refractivity contribution in [3.05, 3.63) is 107 Å². The van der Waals surface area contributed by atoms with E-state index in [4.69, 9.17) is 19.5 Å². The second-order valence-electron chi connectivity index (χ2n) is 12.7. The third-order valence-electron chi connectivity index (χ3n) is 9.13. The monoisotopic (exact) mass is 576 g/mol. The Kier molecular flexibility index (Phi) is 4.92. The van der Waals surface area contributed by atoms with Gasteiger partial charge in [-0.3, -0.25) is 0 Å². The Bertz CT molecular complexity index is 1920. The van der Waals surface area contributed by atoms with E-state index in [1.54, 1.807) is 0 Å². The van der Waals surface area contributed by atoms with E-state index in [0.717, 1.165) is 44.5 Å². The molecule has 4 nitrogen and oxygen atoms in total. The van der Waals surface area contributed by atoms with Gasteiger partial charge in [-0.15, -0.1) is 0 Å². The van der Waals surface area contributed by atoms with Crippen LogP contribution in [0.4, 0.5) is 0 Å². The molecule has 40 heavy (non-hydrogen) atoms. The minimum absolute atomic E-state index is 0.574. The Balaban J connectivity index is 1.83. The third kappa shape index (κ3) is 3.27. The molecular weight excluding hydrogens is 548 g/mol. The summed E-state index contributed by atoms with van der Waals surface area (Å²) < 4.78 is 14.7. The van der Waals surface area contributed by atoms with Crippen LogP contribution in [-0.2, 0) is 41.3 Å². The molecule has 0 N–H and O–H groups in total. The van der Waals surface area contributed by atoms with Gasteiger partial charge in [-0.05, 0) is 0 Å². The van der Waals surface area contributed by atoms with Gasteiger partial charge in [0, 0.05) is 0 Å². The summed E-state index contributed by atoms with van der Waals surface area (Å²) in [7, 11) is 1.47. The normalized spacial score (nSPS) is 15.2. The van der Waals surface area contributed by atoms with Gasteiger partial charge < -0.3 is 0 Å². The Morgan fingerprint density at radius 2 is 1.02 bits per heavy atom. The average molecular weight is 577 g/mol. The van der Waals surface area contributed by atoms with Crippen LogP contribution in [0, 0.1) is 24.7 Å². The van der Waals surface area contributed by atoms with Crippen LogP contribution in [0.3, 0.4) is 0 Å². The van der Waals surface area contributed by atoms with Crippen molar-refractivity contribution in [2.24, 2.45) is 0 Å². The van der Waals surface area contributed by atoms with Crippen molar-refractivity contribution in [2.75, 3.05) is 0 Å². The number of hydrogen-bond donors (Lipinski definition) is 0. The summed E-state index contributed by atoms with van der Waals surface area (Å²) >= 11 is -6.90. The van der Waals surface area contributed by atoms with Crippen molar-refractivity contribution >= 4 is 27.3 Å². The third-order valence-corrected chi connectivity index (χ3v) is 24.9. The molecule has 0 aromatic heterocycles. The summed E-state index contributed by atoms with van der Waals surface area (Å²) in [6.45, 7) is 0. The number of benzene rings is 4. The van der Waals surface area contributed by atoms with Gasteiger partial charge in [-0.1, -0.05) is 0 Å². The molecule has 0 saturated carbocycles. The predicted octanol–water partition coefficient (Wildman–Crippen LogP) is 4.37. The molecule has 196 valence electrons. The van der Waals surface area contributed by atoms with E-state index in [0.29, 0.717) is 20.6 Å². The first-order chi connectivity index (χ1) is 18.9. The maximum absolute atomic E-state index is 13.4. The molecule has 0 fully saturated rings. The molecule has 6 heteroatoms. The Morgan fingerprint density at radius 3 is 1.43 bits per heavy atom. The standard InChI is InChI=1S/2C13H9.2C3H2O2.2CH3.H2Si.Ti/c2*1-3-7-12-10(5-1)9-11-6-2-4-8-13(11)12;2*1-2-3(4)5;;;;/h2*1-5,7-8H,9H2;2*1H,(H,4,5);2*1H3;1H2;/q;;;;;;;+2/p-2. The van der Waals surface area contributed by atoms with Gasteiger partial charge in [0.1, 0.15) is 0 Å².